The van der Waals surface area contributed by atoms with Gasteiger partial charge in [0.05, 0.1) is 6.04 Å². The predicted molar refractivity (Wildman–Crippen MR) is 64.6 cm³/mol. The number of nitrogens with one attached hydrogen (secondary N) is 1. The number of hydrogen-bond donors (Lipinski definition) is 1. The molecule has 0 aliphatic rings. The zero-order valence-corrected chi connectivity index (χ0v) is 11.2. The van der Waals surface area contributed by atoms with E-state index in [1.165, 1.54) is 0 Å². The van der Waals surface area contributed by atoms with Crippen molar-refractivity contribution < 1.29 is 4.55 Å². The lowest BCUT2D eigenvalue weighted by molar-refractivity contribution is 0.387. The quantitative estimate of drug-likeness (QED) is 0.722. The highest BCUT2D eigenvalue weighted by molar-refractivity contribution is 7.90. The highest BCUT2D eigenvalue weighted by Crippen LogP contribution is 2.18. The van der Waals surface area contributed by atoms with Crippen molar-refractivity contribution in [1.82, 2.24) is 4.72 Å². The van der Waals surface area contributed by atoms with Gasteiger partial charge in [0, 0.05) is 11.4 Å². The second-order valence-corrected chi connectivity index (χ2v) is 6.86. The van der Waals surface area contributed by atoms with Gasteiger partial charge in [0.2, 0.25) is 0 Å². The van der Waals surface area contributed by atoms with Crippen LogP contribution in [-0.2, 0) is 11.4 Å². The summed E-state index contributed by atoms with van der Waals surface area (Å²) in [6, 6.07) is 0.338. The maximum atomic E-state index is 11.8. The number of hydrogen-bond acceptors (Lipinski definition) is 2. The lowest BCUT2D eigenvalue weighted by Crippen LogP contribution is -2.46. The van der Waals surface area contributed by atoms with Crippen molar-refractivity contribution in [3.8, 4) is 0 Å². The van der Waals surface area contributed by atoms with Gasteiger partial charge in [-0.2, -0.15) is 0 Å². The van der Waals surface area contributed by atoms with E-state index >= 15 is 0 Å². The summed E-state index contributed by atoms with van der Waals surface area (Å²) >= 11 is -0.941. The average molecular weight is 219 g/mol. The summed E-state index contributed by atoms with van der Waals surface area (Å²) in [5.41, 5.74) is 0. The molecule has 14 heavy (non-hydrogen) atoms. The molecule has 0 radical (unpaired) electrons. The van der Waals surface area contributed by atoms with Crippen LogP contribution in [-0.4, -0.2) is 15.3 Å². The topological polar surface area (TPSA) is 35.1 Å². The van der Waals surface area contributed by atoms with Crippen LogP contribution in [0.2, 0.25) is 0 Å². The van der Waals surface area contributed by atoms with Crippen molar-refractivity contribution in [2.45, 2.75) is 65.2 Å². The van der Waals surface area contributed by atoms with Gasteiger partial charge in [0.25, 0.3) is 0 Å². The summed E-state index contributed by atoms with van der Waals surface area (Å²) in [7, 11) is 0. The van der Waals surface area contributed by atoms with Gasteiger partial charge in [0.15, 0.2) is 0 Å². The summed E-state index contributed by atoms with van der Waals surface area (Å²) in [6.45, 7) is 12.5. The Kier molecular flexibility index (Phi) is 6.10. The summed E-state index contributed by atoms with van der Waals surface area (Å²) in [6.07, 6.45) is 2.29. The number of rotatable bonds is 5. The standard InChI is InChI=1S/C11H25NOS/c1-7-10(8-2)9(3)12-14(13)11(4,5)6/h9-10,12H,7-8H2,1-6H3/t9-,14?/m0/s1. The van der Waals surface area contributed by atoms with Gasteiger partial charge in [-0.3, -0.25) is 0 Å². The minimum atomic E-state index is -0.941. The third-order valence-electron chi connectivity index (χ3n) is 2.60. The first-order chi connectivity index (χ1) is 6.32. The molecule has 2 atom stereocenters. The summed E-state index contributed by atoms with van der Waals surface area (Å²) in [5, 5.41) is 0. The van der Waals surface area contributed by atoms with Gasteiger partial charge in [0.1, 0.15) is 4.75 Å². The minimum Gasteiger partial charge on any atom is -0.598 e. The molecule has 0 aromatic heterocycles. The molecule has 86 valence electrons. The molecule has 0 saturated heterocycles. The molecule has 2 nitrogen and oxygen atoms in total. The van der Waals surface area contributed by atoms with Gasteiger partial charge in [-0.15, -0.1) is 4.72 Å². The van der Waals surface area contributed by atoms with Crippen LogP contribution in [0.4, 0.5) is 0 Å². The molecule has 3 heteroatoms. The molecule has 0 saturated carbocycles. The Morgan fingerprint density at radius 2 is 1.64 bits per heavy atom. The molecule has 0 spiro atoms. The minimum absolute atomic E-state index is 0.166. The Balaban J connectivity index is 4.10. The van der Waals surface area contributed by atoms with Crippen LogP contribution in [0.5, 0.6) is 0 Å². The third kappa shape index (κ3) is 4.67. The molecule has 1 unspecified atom stereocenters. The second kappa shape index (κ2) is 5.99. The lowest BCUT2D eigenvalue weighted by atomic mass is 9.96. The molecular weight excluding hydrogens is 194 g/mol. The van der Waals surface area contributed by atoms with Crippen molar-refractivity contribution in [3.05, 3.63) is 0 Å². The first kappa shape index (κ1) is 14.3. The van der Waals surface area contributed by atoms with Crippen LogP contribution in [0.25, 0.3) is 0 Å². The van der Waals surface area contributed by atoms with E-state index < -0.39 is 11.4 Å². The second-order valence-electron chi connectivity index (χ2n) is 4.86. The Hall–Kier alpha value is 0.270. The lowest BCUT2D eigenvalue weighted by Gasteiger charge is -2.29. The maximum absolute atomic E-state index is 11.8. The van der Waals surface area contributed by atoms with Crippen LogP contribution < -0.4 is 4.72 Å². The average Bonchev–Trinajstić information content (AvgIpc) is 2.04. The largest absolute Gasteiger partial charge is 0.598 e. The molecule has 0 rings (SSSR count). The van der Waals surface area contributed by atoms with E-state index in [2.05, 4.69) is 25.5 Å². The first-order valence-electron chi connectivity index (χ1n) is 5.50. The fraction of sp³-hybridized carbons (Fsp3) is 1.00. The first-order valence-corrected chi connectivity index (χ1v) is 6.65. The Morgan fingerprint density at radius 1 is 1.21 bits per heavy atom. The molecule has 0 aromatic rings. The molecule has 0 aromatic carbocycles. The molecule has 0 bridgehead atoms. The highest BCUT2D eigenvalue weighted by Gasteiger charge is 2.29. The van der Waals surface area contributed by atoms with Crippen molar-refractivity contribution in [3.63, 3.8) is 0 Å². The summed E-state index contributed by atoms with van der Waals surface area (Å²) < 4.78 is 14.8. The van der Waals surface area contributed by atoms with E-state index in [9.17, 15) is 4.55 Å². The van der Waals surface area contributed by atoms with Gasteiger partial charge in [-0.05, 0) is 33.6 Å². The van der Waals surface area contributed by atoms with Crippen LogP contribution in [0.1, 0.15) is 54.4 Å². The third-order valence-corrected chi connectivity index (χ3v) is 4.30. The van der Waals surface area contributed by atoms with Crippen LogP contribution >= 0.6 is 0 Å². The highest BCUT2D eigenvalue weighted by atomic mass is 32.2. The van der Waals surface area contributed by atoms with E-state index in [1.807, 2.05) is 20.8 Å². The SMILES string of the molecule is CCC(CC)[C@H](C)N[S+]([O-])C(C)(C)C. The summed E-state index contributed by atoms with van der Waals surface area (Å²) in [4.78, 5) is 0. The van der Waals surface area contributed by atoms with Crippen LogP contribution in [0.3, 0.4) is 0 Å². The molecule has 0 fully saturated rings. The maximum Gasteiger partial charge on any atom is 0.136 e. The zero-order chi connectivity index (χ0) is 11.4. The molecule has 0 amide bonds. The van der Waals surface area contributed by atoms with Gasteiger partial charge in [-0.1, -0.05) is 26.7 Å². The normalized spacial score (nSPS) is 17.1. The van der Waals surface area contributed by atoms with Crippen molar-refractivity contribution >= 4 is 11.4 Å². The molecule has 1 N–H and O–H groups in total. The van der Waals surface area contributed by atoms with E-state index in [0.717, 1.165) is 12.8 Å². The van der Waals surface area contributed by atoms with Gasteiger partial charge < -0.3 is 4.55 Å². The monoisotopic (exact) mass is 219 g/mol. The predicted octanol–water partition coefficient (Wildman–Crippen LogP) is 2.86. The van der Waals surface area contributed by atoms with Crippen molar-refractivity contribution in [2.24, 2.45) is 5.92 Å². The molecule has 0 aliphatic heterocycles. The van der Waals surface area contributed by atoms with Crippen LogP contribution in [0, 0.1) is 5.92 Å². The Bertz CT molecular complexity index is 152. The van der Waals surface area contributed by atoms with E-state index in [1.54, 1.807) is 0 Å². The summed E-state index contributed by atoms with van der Waals surface area (Å²) in [5.74, 6) is 0.626. The fourth-order valence-corrected chi connectivity index (χ4v) is 2.32. The van der Waals surface area contributed by atoms with Crippen molar-refractivity contribution in [2.75, 3.05) is 0 Å². The Labute approximate surface area is 92.2 Å². The molecule has 0 aliphatic carbocycles. The smallest absolute Gasteiger partial charge is 0.136 e. The van der Waals surface area contributed by atoms with E-state index in [-0.39, 0.29) is 4.75 Å². The molecular formula is C11H25NOS. The van der Waals surface area contributed by atoms with Crippen LogP contribution in [0.15, 0.2) is 0 Å². The van der Waals surface area contributed by atoms with Gasteiger partial charge >= 0.3 is 0 Å². The van der Waals surface area contributed by atoms with E-state index in [0.29, 0.717) is 12.0 Å². The van der Waals surface area contributed by atoms with E-state index in [4.69, 9.17) is 0 Å². The fourth-order valence-electron chi connectivity index (χ4n) is 1.44. The van der Waals surface area contributed by atoms with Crippen molar-refractivity contribution in [1.29, 1.82) is 0 Å². The molecule has 0 heterocycles. The zero-order valence-electron chi connectivity index (χ0n) is 10.4. The Morgan fingerprint density at radius 3 is 1.93 bits per heavy atom. The van der Waals surface area contributed by atoms with Gasteiger partial charge in [-0.25, -0.2) is 0 Å².